The van der Waals surface area contributed by atoms with E-state index in [2.05, 4.69) is 41.4 Å². The van der Waals surface area contributed by atoms with E-state index in [1.165, 1.54) is 11.1 Å². The minimum absolute atomic E-state index is 0.564. The second-order valence-corrected chi connectivity index (χ2v) is 4.96. The number of oxime groups is 1. The third kappa shape index (κ3) is 3.54. The van der Waals surface area contributed by atoms with Gasteiger partial charge in [0, 0.05) is 11.1 Å². The lowest BCUT2D eigenvalue weighted by Gasteiger charge is -2.08. The van der Waals surface area contributed by atoms with Crippen molar-refractivity contribution in [3.63, 3.8) is 0 Å². The lowest BCUT2D eigenvalue weighted by molar-refractivity contribution is 0.160. The zero-order chi connectivity index (χ0) is 13.7. The van der Waals surface area contributed by atoms with Crippen LogP contribution >= 0.6 is 11.3 Å². The van der Waals surface area contributed by atoms with Crippen LogP contribution in [0.2, 0.25) is 0 Å². The van der Waals surface area contributed by atoms with Crippen molar-refractivity contribution in [3.8, 4) is 0 Å². The molecule has 4 nitrogen and oxygen atoms in total. The second kappa shape index (κ2) is 6.33. The Bertz CT molecular complexity index is 578. The first-order valence-corrected chi connectivity index (χ1v) is 7.02. The van der Waals surface area contributed by atoms with Crippen molar-refractivity contribution < 1.29 is 4.84 Å². The monoisotopic (exact) mass is 275 g/mol. The van der Waals surface area contributed by atoms with Gasteiger partial charge in [-0.3, -0.25) is 0 Å². The summed E-state index contributed by atoms with van der Waals surface area (Å²) in [5.41, 5.74) is 4.39. The van der Waals surface area contributed by atoms with Crippen molar-refractivity contribution in [3.05, 3.63) is 40.4 Å². The highest BCUT2D eigenvalue weighted by atomic mass is 32.1. The van der Waals surface area contributed by atoms with E-state index in [0.29, 0.717) is 6.61 Å². The van der Waals surface area contributed by atoms with Crippen LogP contribution in [0.15, 0.2) is 28.7 Å². The van der Waals surface area contributed by atoms with Gasteiger partial charge in [0.25, 0.3) is 0 Å². The van der Waals surface area contributed by atoms with Crippen LogP contribution < -0.4 is 5.32 Å². The molecule has 100 valence electrons. The van der Waals surface area contributed by atoms with E-state index in [9.17, 15) is 0 Å². The number of rotatable bonds is 5. The van der Waals surface area contributed by atoms with Gasteiger partial charge < -0.3 is 10.2 Å². The first-order chi connectivity index (χ1) is 9.20. The Morgan fingerprint density at radius 3 is 3.05 bits per heavy atom. The summed E-state index contributed by atoms with van der Waals surface area (Å²) >= 11 is 1.55. The molecule has 5 heteroatoms. The Labute approximate surface area is 117 Å². The van der Waals surface area contributed by atoms with Crippen molar-refractivity contribution in [2.75, 3.05) is 11.9 Å². The zero-order valence-corrected chi connectivity index (χ0v) is 12.1. The van der Waals surface area contributed by atoms with Crippen LogP contribution in [0.25, 0.3) is 0 Å². The van der Waals surface area contributed by atoms with E-state index >= 15 is 0 Å². The fourth-order valence-electron chi connectivity index (χ4n) is 1.57. The minimum atomic E-state index is 0.564. The van der Waals surface area contributed by atoms with Crippen molar-refractivity contribution in [1.82, 2.24) is 4.98 Å². The number of nitrogens with one attached hydrogen (secondary N) is 1. The third-order valence-corrected chi connectivity index (χ3v) is 3.53. The third-order valence-electron chi connectivity index (χ3n) is 2.76. The van der Waals surface area contributed by atoms with Gasteiger partial charge >= 0.3 is 0 Å². The molecule has 0 spiro atoms. The second-order valence-electron chi connectivity index (χ2n) is 4.10. The Morgan fingerprint density at radius 1 is 1.42 bits per heavy atom. The molecule has 0 saturated carbocycles. The molecule has 0 saturated heterocycles. The Morgan fingerprint density at radius 2 is 2.26 bits per heavy atom. The van der Waals surface area contributed by atoms with Crippen molar-refractivity contribution in [2.24, 2.45) is 5.16 Å². The maximum absolute atomic E-state index is 4.91. The van der Waals surface area contributed by atoms with Crippen molar-refractivity contribution in [1.29, 1.82) is 0 Å². The van der Waals surface area contributed by atoms with Gasteiger partial charge in [0.15, 0.2) is 5.13 Å². The fraction of sp³-hybridized carbons (Fsp3) is 0.286. The Hall–Kier alpha value is -1.88. The number of benzene rings is 1. The first kappa shape index (κ1) is 13.5. The van der Waals surface area contributed by atoms with Crippen LogP contribution in [0.4, 0.5) is 10.8 Å². The normalized spacial score (nSPS) is 10.9. The van der Waals surface area contributed by atoms with Crippen LogP contribution in [0.1, 0.15) is 23.7 Å². The Kier molecular flexibility index (Phi) is 4.52. The average molecular weight is 275 g/mol. The number of anilines is 2. The smallest absolute Gasteiger partial charge is 0.187 e. The van der Waals surface area contributed by atoms with Gasteiger partial charge in [0.05, 0.1) is 11.9 Å². The molecule has 2 aromatic rings. The quantitative estimate of drug-likeness (QED) is 0.665. The molecule has 2 rings (SSSR count). The van der Waals surface area contributed by atoms with E-state index in [-0.39, 0.29) is 0 Å². The van der Waals surface area contributed by atoms with E-state index in [1.807, 2.05) is 18.4 Å². The molecule has 1 aromatic carbocycles. The Balaban J connectivity index is 2.09. The summed E-state index contributed by atoms with van der Waals surface area (Å²) in [7, 11) is 0. The molecule has 1 heterocycles. The van der Waals surface area contributed by atoms with Crippen LogP contribution in [0.5, 0.6) is 0 Å². The van der Waals surface area contributed by atoms with E-state index in [4.69, 9.17) is 4.84 Å². The summed E-state index contributed by atoms with van der Waals surface area (Å²) in [6.07, 6.45) is 1.62. The van der Waals surface area contributed by atoms with Gasteiger partial charge in [-0.15, -0.1) is 11.3 Å². The number of aryl methyl sites for hydroxylation is 1. The lowest BCUT2D eigenvalue weighted by Crippen LogP contribution is -1.94. The summed E-state index contributed by atoms with van der Waals surface area (Å²) in [4.78, 5) is 9.34. The maximum atomic E-state index is 4.91. The predicted molar refractivity (Wildman–Crippen MR) is 80.5 cm³/mol. The summed E-state index contributed by atoms with van der Waals surface area (Å²) in [5.74, 6) is 0. The molecule has 0 aliphatic heterocycles. The van der Waals surface area contributed by atoms with E-state index in [0.717, 1.165) is 16.5 Å². The maximum Gasteiger partial charge on any atom is 0.187 e. The van der Waals surface area contributed by atoms with E-state index < -0.39 is 0 Å². The molecule has 0 bridgehead atoms. The molecule has 0 fully saturated rings. The highest BCUT2D eigenvalue weighted by Crippen LogP contribution is 2.24. The van der Waals surface area contributed by atoms with Gasteiger partial charge in [-0.05, 0) is 38.0 Å². The molecule has 1 N–H and O–H groups in total. The summed E-state index contributed by atoms with van der Waals surface area (Å²) in [6, 6.07) is 6.19. The highest BCUT2D eigenvalue weighted by Gasteiger charge is 2.04. The van der Waals surface area contributed by atoms with E-state index in [1.54, 1.807) is 17.6 Å². The molecule has 0 aliphatic rings. The van der Waals surface area contributed by atoms with Gasteiger partial charge in [-0.1, -0.05) is 17.3 Å². The largest absolute Gasteiger partial charge is 0.396 e. The molecular formula is C14H17N3OS. The number of thiazole rings is 1. The molecule has 0 radical (unpaired) electrons. The average Bonchev–Trinajstić information content (AvgIpc) is 2.83. The number of nitrogens with zero attached hydrogens (tertiary/aromatic N) is 2. The first-order valence-electron chi connectivity index (χ1n) is 6.14. The molecule has 0 amide bonds. The highest BCUT2D eigenvalue weighted by molar-refractivity contribution is 7.14. The lowest BCUT2D eigenvalue weighted by atomic mass is 10.1. The summed E-state index contributed by atoms with van der Waals surface area (Å²) in [5, 5.41) is 9.93. The number of aromatic nitrogens is 1. The van der Waals surface area contributed by atoms with Crippen molar-refractivity contribution in [2.45, 2.75) is 20.8 Å². The molecule has 0 aliphatic carbocycles. The van der Waals surface area contributed by atoms with Gasteiger partial charge in [0.1, 0.15) is 6.61 Å². The standard InChI is InChI=1S/C14H17N3OS/c1-4-18-15-8-12-9-19-14(16-12)17-13-7-5-6-10(2)11(13)3/h5-9H,4H2,1-3H3,(H,16,17)/b15-8+. The van der Waals surface area contributed by atoms with Gasteiger partial charge in [-0.25, -0.2) is 4.98 Å². The number of hydrogen-bond acceptors (Lipinski definition) is 5. The molecule has 1 aromatic heterocycles. The molecule has 19 heavy (non-hydrogen) atoms. The molecule has 0 unspecified atom stereocenters. The SMILES string of the molecule is CCO/N=C/c1csc(Nc2cccc(C)c2C)n1. The summed E-state index contributed by atoms with van der Waals surface area (Å²) < 4.78 is 0. The minimum Gasteiger partial charge on any atom is -0.396 e. The zero-order valence-electron chi connectivity index (χ0n) is 11.3. The van der Waals surface area contributed by atoms with Crippen LogP contribution in [0.3, 0.4) is 0 Å². The molecular weight excluding hydrogens is 258 g/mol. The topological polar surface area (TPSA) is 46.5 Å². The van der Waals surface area contributed by atoms with Crippen LogP contribution in [-0.4, -0.2) is 17.8 Å². The fourth-order valence-corrected chi connectivity index (χ4v) is 2.24. The van der Waals surface area contributed by atoms with Crippen molar-refractivity contribution >= 4 is 28.4 Å². The summed E-state index contributed by atoms with van der Waals surface area (Å²) in [6.45, 7) is 6.66. The van der Waals surface area contributed by atoms with Crippen LogP contribution in [0, 0.1) is 13.8 Å². The number of hydrogen-bond donors (Lipinski definition) is 1. The van der Waals surface area contributed by atoms with Gasteiger partial charge in [0.2, 0.25) is 0 Å². The predicted octanol–water partition coefficient (Wildman–Crippen LogP) is 3.87. The van der Waals surface area contributed by atoms with Gasteiger partial charge in [-0.2, -0.15) is 0 Å². The van der Waals surface area contributed by atoms with Crippen LogP contribution in [-0.2, 0) is 4.84 Å². The molecule has 0 atom stereocenters.